The van der Waals surface area contributed by atoms with Gasteiger partial charge in [-0.05, 0) is 30.9 Å². The third kappa shape index (κ3) is 4.55. The molecule has 0 bridgehead atoms. The van der Waals surface area contributed by atoms with Crippen molar-refractivity contribution >= 4 is 0 Å². The van der Waals surface area contributed by atoms with Crippen LogP contribution in [0.5, 0.6) is 6.01 Å². The van der Waals surface area contributed by atoms with Gasteiger partial charge in [0, 0.05) is 43.3 Å². The molecule has 3 heterocycles. The highest BCUT2D eigenvalue weighted by Crippen LogP contribution is 2.20. The minimum absolute atomic E-state index is 0.0504. The second-order valence-corrected chi connectivity index (χ2v) is 7.06. The fourth-order valence-electron chi connectivity index (χ4n) is 3.04. The van der Waals surface area contributed by atoms with Gasteiger partial charge in [-0.15, -0.1) is 0 Å². The van der Waals surface area contributed by atoms with Crippen LogP contribution in [0.2, 0.25) is 0 Å². The molecule has 1 aliphatic heterocycles. The molecule has 3 rings (SSSR count). The van der Waals surface area contributed by atoms with E-state index in [1.807, 2.05) is 36.9 Å². The van der Waals surface area contributed by atoms with Crippen LogP contribution in [0.4, 0.5) is 0 Å². The molecule has 1 aliphatic rings. The van der Waals surface area contributed by atoms with Crippen LogP contribution in [-0.4, -0.2) is 56.4 Å². The van der Waals surface area contributed by atoms with Gasteiger partial charge in [-0.25, -0.2) is 9.97 Å². The molecular formula is C19H27N5O2. The number of ether oxygens (including phenoxy) is 1. The van der Waals surface area contributed by atoms with Crippen LogP contribution < -0.4 is 10.5 Å². The SMILES string of the molecule is CC(C)[C@H](N)C(O)N1CCC(Oc2ncc(-c3ccccn3)cn2)CC1. The number of aliphatic hydroxyl groups excluding tert-OH is 1. The lowest BCUT2D eigenvalue weighted by molar-refractivity contribution is -0.0510. The Morgan fingerprint density at radius 2 is 1.85 bits per heavy atom. The molecule has 7 heteroatoms. The molecule has 2 aromatic rings. The summed E-state index contributed by atoms with van der Waals surface area (Å²) in [6.07, 6.45) is 6.27. The number of piperidine rings is 1. The molecular weight excluding hydrogens is 330 g/mol. The van der Waals surface area contributed by atoms with Crippen LogP contribution in [0.15, 0.2) is 36.8 Å². The predicted molar refractivity (Wildman–Crippen MR) is 99.3 cm³/mol. The van der Waals surface area contributed by atoms with Gasteiger partial charge in [0.1, 0.15) is 12.3 Å². The number of nitrogens with zero attached hydrogens (tertiary/aromatic N) is 4. The quantitative estimate of drug-likeness (QED) is 0.812. The first-order chi connectivity index (χ1) is 12.5. The number of aromatic nitrogens is 3. The van der Waals surface area contributed by atoms with E-state index in [-0.39, 0.29) is 18.1 Å². The molecule has 2 atom stereocenters. The van der Waals surface area contributed by atoms with Gasteiger partial charge in [-0.3, -0.25) is 9.88 Å². The van der Waals surface area contributed by atoms with Crippen molar-refractivity contribution in [2.45, 2.75) is 45.1 Å². The minimum atomic E-state index is -0.607. The first-order valence-corrected chi connectivity index (χ1v) is 9.12. The van der Waals surface area contributed by atoms with E-state index in [1.165, 1.54) is 0 Å². The van der Waals surface area contributed by atoms with Gasteiger partial charge < -0.3 is 15.6 Å². The summed E-state index contributed by atoms with van der Waals surface area (Å²) < 4.78 is 5.90. The van der Waals surface area contributed by atoms with Crippen LogP contribution >= 0.6 is 0 Å². The first-order valence-electron chi connectivity index (χ1n) is 9.12. The van der Waals surface area contributed by atoms with Gasteiger partial charge in [-0.2, -0.15) is 0 Å². The Morgan fingerprint density at radius 3 is 2.42 bits per heavy atom. The van der Waals surface area contributed by atoms with Crippen molar-refractivity contribution in [1.29, 1.82) is 0 Å². The summed E-state index contributed by atoms with van der Waals surface area (Å²) in [7, 11) is 0. The summed E-state index contributed by atoms with van der Waals surface area (Å²) in [5, 5.41) is 10.4. The van der Waals surface area contributed by atoms with Crippen molar-refractivity contribution in [3.63, 3.8) is 0 Å². The lowest BCUT2D eigenvalue weighted by Crippen LogP contribution is -2.53. The molecule has 7 nitrogen and oxygen atoms in total. The summed E-state index contributed by atoms with van der Waals surface area (Å²) in [5.74, 6) is 0.241. The summed E-state index contributed by atoms with van der Waals surface area (Å²) in [4.78, 5) is 14.9. The highest BCUT2D eigenvalue weighted by molar-refractivity contribution is 5.56. The summed E-state index contributed by atoms with van der Waals surface area (Å²) >= 11 is 0. The Bertz CT molecular complexity index is 672. The molecule has 1 saturated heterocycles. The van der Waals surface area contributed by atoms with Crippen molar-refractivity contribution in [2.24, 2.45) is 11.7 Å². The zero-order valence-electron chi connectivity index (χ0n) is 15.3. The topological polar surface area (TPSA) is 97.4 Å². The summed E-state index contributed by atoms with van der Waals surface area (Å²) in [6, 6.07) is 5.86. The third-order valence-corrected chi connectivity index (χ3v) is 4.83. The molecule has 1 fully saturated rings. The predicted octanol–water partition coefficient (Wildman–Crippen LogP) is 1.68. The average Bonchev–Trinajstić information content (AvgIpc) is 2.68. The molecule has 2 aromatic heterocycles. The van der Waals surface area contributed by atoms with Crippen molar-refractivity contribution in [1.82, 2.24) is 19.9 Å². The van der Waals surface area contributed by atoms with Gasteiger partial charge in [0.2, 0.25) is 0 Å². The standard InChI is InChI=1S/C19H27N5O2/c1-13(2)17(20)18(25)24-9-6-15(7-10-24)26-19-22-11-14(12-23-19)16-5-3-4-8-21-16/h3-5,8,11-13,15,17-18,25H,6-7,9-10,20H2,1-2H3/t17-,18?/m0/s1. The molecule has 0 radical (unpaired) electrons. The van der Waals surface area contributed by atoms with Crippen LogP contribution in [0, 0.1) is 5.92 Å². The molecule has 0 spiro atoms. The molecule has 0 aromatic carbocycles. The van der Waals surface area contributed by atoms with E-state index in [2.05, 4.69) is 15.0 Å². The highest BCUT2D eigenvalue weighted by atomic mass is 16.5. The Kier molecular flexibility index (Phi) is 6.13. The van der Waals surface area contributed by atoms with Gasteiger partial charge >= 0.3 is 6.01 Å². The third-order valence-electron chi connectivity index (χ3n) is 4.83. The maximum Gasteiger partial charge on any atom is 0.316 e. The maximum atomic E-state index is 10.4. The number of pyridine rings is 1. The van der Waals surface area contributed by atoms with Crippen molar-refractivity contribution < 1.29 is 9.84 Å². The van der Waals surface area contributed by atoms with Crippen LogP contribution in [0.1, 0.15) is 26.7 Å². The lowest BCUT2D eigenvalue weighted by atomic mass is 10.0. The Hall–Kier alpha value is -2.09. The van der Waals surface area contributed by atoms with Gasteiger partial charge in [0.15, 0.2) is 0 Å². The van der Waals surface area contributed by atoms with E-state index in [4.69, 9.17) is 10.5 Å². The normalized spacial score (nSPS) is 18.7. The molecule has 0 amide bonds. The van der Waals surface area contributed by atoms with Crippen molar-refractivity contribution in [3.05, 3.63) is 36.8 Å². The number of rotatable bonds is 6. The van der Waals surface area contributed by atoms with E-state index in [9.17, 15) is 5.11 Å². The number of likely N-dealkylation sites (tertiary alicyclic amines) is 1. The first kappa shape index (κ1) is 18.7. The van der Waals surface area contributed by atoms with Crippen LogP contribution in [0.3, 0.4) is 0 Å². The smallest absolute Gasteiger partial charge is 0.316 e. The number of nitrogens with two attached hydrogens (primary N) is 1. The Balaban J connectivity index is 1.52. The number of aliphatic hydroxyl groups is 1. The molecule has 0 saturated carbocycles. The summed E-state index contributed by atoms with van der Waals surface area (Å²) in [5.41, 5.74) is 7.76. The molecule has 26 heavy (non-hydrogen) atoms. The lowest BCUT2D eigenvalue weighted by Gasteiger charge is -2.37. The van der Waals surface area contributed by atoms with Crippen molar-refractivity contribution in [2.75, 3.05) is 13.1 Å². The average molecular weight is 357 g/mol. The van der Waals surface area contributed by atoms with E-state index in [0.29, 0.717) is 6.01 Å². The van der Waals surface area contributed by atoms with E-state index in [0.717, 1.165) is 37.2 Å². The largest absolute Gasteiger partial charge is 0.460 e. The second kappa shape index (κ2) is 8.53. The monoisotopic (exact) mass is 357 g/mol. The second-order valence-electron chi connectivity index (χ2n) is 7.06. The Morgan fingerprint density at radius 1 is 1.15 bits per heavy atom. The molecule has 0 aliphatic carbocycles. The fourth-order valence-corrected chi connectivity index (χ4v) is 3.04. The zero-order chi connectivity index (χ0) is 18.5. The summed E-state index contributed by atoms with van der Waals surface area (Å²) in [6.45, 7) is 5.54. The van der Waals surface area contributed by atoms with Crippen LogP contribution in [0.25, 0.3) is 11.3 Å². The molecule has 1 unspecified atom stereocenters. The zero-order valence-corrected chi connectivity index (χ0v) is 15.3. The molecule has 3 N–H and O–H groups in total. The molecule has 140 valence electrons. The van der Waals surface area contributed by atoms with Gasteiger partial charge in [0.25, 0.3) is 0 Å². The van der Waals surface area contributed by atoms with E-state index >= 15 is 0 Å². The maximum absolute atomic E-state index is 10.4. The fraction of sp³-hybridized carbons (Fsp3) is 0.526. The van der Waals surface area contributed by atoms with Crippen LogP contribution in [-0.2, 0) is 0 Å². The Labute approximate surface area is 154 Å². The number of hydrogen-bond donors (Lipinski definition) is 2. The van der Waals surface area contributed by atoms with Crippen molar-refractivity contribution in [3.8, 4) is 17.3 Å². The minimum Gasteiger partial charge on any atom is -0.460 e. The van der Waals surface area contributed by atoms with Gasteiger partial charge in [0.05, 0.1) is 5.69 Å². The van der Waals surface area contributed by atoms with Gasteiger partial charge in [-0.1, -0.05) is 19.9 Å². The number of hydrogen-bond acceptors (Lipinski definition) is 7. The van der Waals surface area contributed by atoms with E-state index < -0.39 is 6.23 Å². The van der Waals surface area contributed by atoms with E-state index in [1.54, 1.807) is 18.6 Å². The highest BCUT2D eigenvalue weighted by Gasteiger charge is 2.29.